The third-order valence-electron chi connectivity index (χ3n) is 3.77. The highest BCUT2D eigenvalue weighted by Crippen LogP contribution is 2.23. The fourth-order valence-corrected chi connectivity index (χ4v) is 2.75. The van der Waals surface area contributed by atoms with Crippen LogP contribution in [0.1, 0.15) is 33.1 Å². The van der Waals surface area contributed by atoms with Crippen LogP contribution in [0, 0.1) is 5.82 Å². The molecule has 0 saturated carbocycles. The van der Waals surface area contributed by atoms with Crippen molar-refractivity contribution in [2.75, 3.05) is 30.3 Å². The Balaban J connectivity index is 1.95. The minimum atomic E-state index is -0.278. The fraction of sp³-hybridized carbons (Fsp3) is 0.562. The summed E-state index contributed by atoms with van der Waals surface area (Å²) in [6.45, 7) is 6.88. The number of hydrogen-bond acceptors (Lipinski definition) is 3. The first-order valence-electron chi connectivity index (χ1n) is 7.64. The Morgan fingerprint density at radius 3 is 2.71 bits per heavy atom. The number of anilines is 2. The molecular weight excluding hydrogens is 269 g/mol. The number of nitrogens with zero attached hydrogens (tertiary/aromatic N) is 1. The number of nitrogens with one attached hydrogen (secondary N) is 2. The standard InChI is InChI=1S/C16H24FN3O/c1-3-8-20-9-6-13(7-10-20)19-16-11-14(18-12(2)21)4-5-15(16)17/h4-5,11,13,19H,3,6-10H2,1-2H3,(H,18,21). The minimum absolute atomic E-state index is 0.152. The van der Waals surface area contributed by atoms with Crippen LogP contribution >= 0.6 is 0 Å². The van der Waals surface area contributed by atoms with Gasteiger partial charge in [-0.15, -0.1) is 0 Å². The van der Waals surface area contributed by atoms with Gasteiger partial charge in [-0.25, -0.2) is 4.39 Å². The number of benzene rings is 1. The number of carbonyl (C=O) groups excluding carboxylic acids is 1. The average molecular weight is 293 g/mol. The SMILES string of the molecule is CCCN1CCC(Nc2cc(NC(C)=O)ccc2F)CC1. The molecule has 1 aromatic carbocycles. The molecule has 1 aliphatic rings. The Morgan fingerprint density at radius 2 is 2.10 bits per heavy atom. The van der Waals surface area contributed by atoms with E-state index in [1.165, 1.54) is 19.4 Å². The van der Waals surface area contributed by atoms with Crippen LogP contribution < -0.4 is 10.6 Å². The third-order valence-corrected chi connectivity index (χ3v) is 3.77. The molecule has 2 N–H and O–H groups in total. The second-order valence-electron chi connectivity index (χ2n) is 5.64. The number of amides is 1. The molecule has 0 atom stereocenters. The molecule has 1 amide bonds. The van der Waals surface area contributed by atoms with Gasteiger partial charge in [-0.1, -0.05) is 6.92 Å². The van der Waals surface area contributed by atoms with Gasteiger partial charge in [0, 0.05) is 31.7 Å². The first-order valence-corrected chi connectivity index (χ1v) is 7.64. The molecule has 0 unspecified atom stereocenters. The average Bonchev–Trinajstić information content (AvgIpc) is 2.44. The summed E-state index contributed by atoms with van der Waals surface area (Å²) in [5, 5.41) is 5.95. The largest absolute Gasteiger partial charge is 0.380 e. The Kier molecular flexibility index (Phi) is 5.56. The maximum atomic E-state index is 13.9. The molecule has 0 radical (unpaired) electrons. The predicted molar refractivity (Wildman–Crippen MR) is 84.1 cm³/mol. The summed E-state index contributed by atoms with van der Waals surface area (Å²) in [7, 11) is 0. The maximum Gasteiger partial charge on any atom is 0.221 e. The molecule has 1 heterocycles. The van der Waals surface area contributed by atoms with Gasteiger partial charge in [0.1, 0.15) is 5.82 Å². The van der Waals surface area contributed by atoms with Crippen LogP contribution in [-0.2, 0) is 4.79 Å². The van der Waals surface area contributed by atoms with Crippen LogP contribution in [0.15, 0.2) is 18.2 Å². The van der Waals surface area contributed by atoms with E-state index in [1.807, 2.05) is 0 Å². The van der Waals surface area contributed by atoms with Gasteiger partial charge in [0.25, 0.3) is 0 Å². The highest BCUT2D eigenvalue weighted by molar-refractivity contribution is 5.89. The van der Waals surface area contributed by atoms with Gasteiger partial charge in [-0.3, -0.25) is 4.79 Å². The van der Waals surface area contributed by atoms with Crippen molar-refractivity contribution < 1.29 is 9.18 Å². The van der Waals surface area contributed by atoms with Crippen molar-refractivity contribution in [1.29, 1.82) is 0 Å². The Labute approximate surface area is 125 Å². The summed E-state index contributed by atoms with van der Waals surface area (Å²) in [6, 6.07) is 4.92. The number of rotatable bonds is 5. The van der Waals surface area contributed by atoms with Gasteiger partial charge in [0.15, 0.2) is 0 Å². The van der Waals surface area contributed by atoms with Gasteiger partial charge in [-0.05, 0) is 44.0 Å². The van der Waals surface area contributed by atoms with E-state index in [1.54, 1.807) is 12.1 Å². The summed E-state index contributed by atoms with van der Waals surface area (Å²) in [6.07, 6.45) is 3.21. The van der Waals surface area contributed by atoms with E-state index in [2.05, 4.69) is 22.5 Å². The van der Waals surface area contributed by atoms with E-state index in [4.69, 9.17) is 0 Å². The van der Waals surface area contributed by atoms with Crippen molar-refractivity contribution in [2.45, 2.75) is 39.2 Å². The van der Waals surface area contributed by atoms with Crippen molar-refractivity contribution in [1.82, 2.24) is 4.90 Å². The highest BCUT2D eigenvalue weighted by atomic mass is 19.1. The lowest BCUT2D eigenvalue weighted by atomic mass is 10.0. The lowest BCUT2D eigenvalue weighted by molar-refractivity contribution is -0.114. The number of hydrogen-bond donors (Lipinski definition) is 2. The topological polar surface area (TPSA) is 44.4 Å². The molecule has 0 spiro atoms. The monoisotopic (exact) mass is 293 g/mol. The first kappa shape index (κ1) is 15.8. The molecule has 0 aliphatic carbocycles. The fourth-order valence-electron chi connectivity index (χ4n) is 2.75. The second kappa shape index (κ2) is 7.41. The predicted octanol–water partition coefficient (Wildman–Crippen LogP) is 3.07. The van der Waals surface area contributed by atoms with Crippen LogP contribution in [0.4, 0.5) is 15.8 Å². The van der Waals surface area contributed by atoms with Gasteiger partial charge in [-0.2, -0.15) is 0 Å². The van der Waals surface area contributed by atoms with Crippen LogP contribution in [0.25, 0.3) is 0 Å². The Morgan fingerprint density at radius 1 is 1.38 bits per heavy atom. The summed E-state index contributed by atoms with van der Waals surface area (Å²) >= 11 is 0. The molecule has 1 fully saturated rings. The molecule has 2 rings (SSSR count). The second-order valence-corrected chi connectivity index (χ2v) is 5.64. The van der Waals surface area contributed by atoms with Crippen LogP contribution in [0.2, 0.25) is 0 Å². The lowest BCUT2D eigenvalue weighted by Gasteiger charge is -2.32. The van der Waals surface area contributed by atoms with Gasteiger partial charge >= 0.3 is 0 Å². The highest BCUT2D eigenvalue weighted by Gasteiger charge is 2.19. The molecule has 21 heavy (non-hydrogen) atoms. The summed E-state index contributed by atoms with van der Waals surface area (Å²) in [5.74, 6) is -0.430. The van der Waals surface area contributed by atoms with Crippen molar-refractivity contribution in [2.24, 2.45) is 0 Å². The van der Waals surface area contributed by atoms with E-state index in [0.29, 0.717) is 17.4 Å². The Hall–Kier alpha value is -1.62. The number of piperidine rings is 1. The molecule has 4 nitrogen and oxygen atoms in total. The van der Waals surface area contributed by atoms with Crippen molar-refractivity contribution in [3.8, 4) is 0 Å². The third kappa shape index (κ3) is 4.70. The number of carbonyl (C=O) groups is 1. The number of likely N-dealkylation sites (tertiary alicyclic amines) is 1. The molecular formula is C16H24FN3O. The van der Waals surface area contributed by atoms with Crippen LogP contribution in [-0.4, -0.2) is 36.5 Å². The first-order chi connectivity index (χ1) is 10.1. The van der Waals surface area contributed by atoms with E-state index in [9.17, 15) is 9.18 Å². The maximum absolute atomic E-state index is 13.9. The van der Waals surface area contributed by atoms with E-state index in [-0.39, 0.29) is 11.7 Å². The molecule has 1 saturated heterocycles. The van der Waals surface area contributed by atoms with Crippen molar-refractivity contribution >= 4 is 17.3 Å². The molecule has 116 valence electrons. The van der Waals surface area contributed by atoms with Gasteiger partial charge < -0.3 is 15.5 Å². The summed E-state index contributed by atoms with van der Waals surface area (Å²) in [5.41, 5.74) is 1.09. The lowest BCUT2D eigenvalue weighted by Crippen LogP contribution is -2.39. The van der Waals surface area contributed by atoms with Gasteiger partial charge in [0.2, 0.25) is 5.91 Å². The summed E-state index contributed by atoms with van der Waals surface area (Å²) in [4.78, 5) is 13.5. The zero-order valence-corrected chi connectivity index (χ0v) is 12.8. The molecule has 1 aromatic rings. The summed E-state index contributed by atoms with van der Waals surface area (Å²) < 4.78 is 13.9. The molecule has 1 aliphatic heterocycles. The normalized spacial score (nSPS) is 16.7. The minimum Gasteiger partial charge on any atom is -0.380 e. The zero-order valence-electron chi connectivity index (χ0n) is 12.8. The zero-order chi connectivity index (χ0) is 15.2. The van der Waals surface area contributed by atoms with E-state index in [0.717, 1.165) is 32.5 Å². The molecule has 0 aromatic heterocycles. The van der Waals surface area contributed by atoms with Crippen LogP contribution in [0.3, 0.4) is 0 Å². The Bertz CT molecular complexity index is 484. The van der Waals surface area contributed by atoms with E-state index < -0.39 is 0 Å². The smallest absolute Gasteiger partial charge is 0.221 e. The molecule has 0 bridgehead atoms. The van der Waals surface area contributed by atoms with Crippen molar-refractivity contribution in [3.05, 3.63) is 24.0 Å². The molecule has 5 heteroatoms. The van der Waals surface area contributed by atoms with Gasteiger partial charge in [0.05, 0.1) is 5.69 Å². The van der Waals surface area contributed by atoms with Crippen molar-refractivity contribution in [3.63, 3.8) is 0 Å². The number of halogens is 1. The van der Waals surface area contributed by atoms with Crippen LogP contribution in [0.5, 0.6) is 0 Å². The quantitative estimate of drug-likeness (QED) is 0.877. The van der Waals surface area contributed by atoms with E-state index >= 15 is 0 Å².